The van der Waals surface area contributed by atoms with Gasteiger partial charge in [-0.05, 0) is 49.6 Å². The van der Waals surface area contributed by atoms with E-state index < -0.39 is 0 Å². The van der Waals surface area contributed by atoms with Crippen LogP contribution in [-0.4, -0.2) is 46.9 Å². The molecule has 2 aromatic carbocycles. The number of methoxy groups -OCH3 is 1. The first-order valence-corrected chi connectivity index (χ1v) is 14.1. The first kappa shape index (κ1) is 25.3. The first-order valence-electron chi connectivity index (χ1n) is 13.2. The summed E-state index contributed by atoms with van der Waals surface area (Å²) in [6, 6.07) is 15.4. The third-order valence-corrected chi connectivity index (χ3v) is 8.24. The maximum absolute atomic E-state index is 13.7. The number of aryl methyl sites for hydroxylation is 1. The third kappa shape index (κ3) is 5.18. The lowest BCUT2D eigenvalue weighted by atomic mass is 10.0. The molecule has 2 amide bonds. The molecule has 1 aliphatic carbocycles. The molecule has 2 aliphatic rings. The lowest BCUT2D eigenvalue weighted by molar-refractivity contribution is -0.132. The van der Waals surface area contributed by atoms with Crippen LogP contribution in [0.15, 0.2) is 53.9 Å². The molecule has 0 spiro atoms. The fourth-order valence-corrected chi connectivity index (χ4v) is 5.92. The van der Waals surface area contributed by atoms with E-state index in [1.807, 2.05) is 61.3 Å². The van der Waals surface area contributed by atoms with E-state index in [-0.39, 0.29) is 30.3 Å². The number of carbonyl (C=O) groups is 2. The summed E-state index contributed by atoms with van der Waals surface area (Å²) >= 11 is 1.63. The van der Waals surface area contributed by atoms with E-state index in [1.165, 1.54) is 0 Å². The molecule has 0 bridgehead atoms. The Labute approximate surface area is 231 Å². The van der Waals surface area contributed by atoms with Crippen LogP contribution in [0.1, 0.15) is 57.5 Å². The average Bonchev–Trinajstić information content (AvgIpc) is 3.63. The van der Waals surface area contributed by atoms with Crippen molar-refractivity contribution < 1.29 is 14.3 Å². The molecule has 200 valence electrons. The zero-order valence-electron chi connectivity index (χ0n) is 22.3. The van der Waals surface area contributed by atoms with Gasteiger partial charge in [0.2, 0.25) is 5.91 Å². The highest BCUT2D eigenvalue weighted by Crippen LogP contribution is 2.35. The van der Waals surface area contributed by atoms with Crippen molar-refractivity contribution in [1.29, 1.82) is 0 Å². The number of amides is 2. The summed E-state index contributed by atoms with van der Waals surface area (Å²) in [5.41, 5.74) is 4.36. The minimum absolute atomic E-state index is 0.0399. The number of hydrogen-bond acceptors (Lipinski definition) is 7. The predicted octanol–water partition coefficient (Wildman–Crippen LogP) is 5.01. The zero-order chi connectivity index (χ0) is 27.1. The van der Waals surface area contributed by atoms with Crippen LogP contribution in [0, 0.1) is 6.92 Å². The van der Waals surface area contributed by atoms with E-state index in [9.17, 15) is 9.59 Å². The summed E-state index contributed by atoms with van der Waals surface area (Å²) < 4.78 is 5.44. The number of thiazole rings is 1. The molecule has 1 saturated carbocycles. The van der Waals surface area contributed by atoms with E-state index in [2.05, 4.69) is 26.6 Å². The van der Waals surface area contributed by atoms with Gasteiger partial charge in [-0.1, -0.05) is 18.2 Å². The number of fused-ring (bicyclic) bond motifs is 2. The highest BCUT2D eigenvalue weighted by atomic mass is 32.1. The second kappa shape index (κ2) is 10.3. The summed E-state index contributed by atoms with van der Waals surface area (Å²) in [5, 5.41) is 7.09. The lowest BCUT2D eigenvalue weighted by Crippen LogP contribution is -2.36. The number of rotatable bonds is 9. The average molecular weight is 542 g/mol. The zero-order valence-corrected chi connectivity index (χ0v) is 23.1. The third-order valence-electron chi connectivity index (χ3n) is 7.42. The molecule has 3 heterocycles. The minimum atomic E-state index is -0.306. The molecule has 4 aromatic rings. The Morgan fingerprint density at radius 3 is 2.69 bits per heavy atom. The Hall–Kier alpha value is -3.98. The normalized spacial score (nSPS) is 16.2. The Morgan fingerprint density at radius 2 is 1.95 bits per heavy atom. The number of nitrogens with one attached hydrogen (secondary N) is 1. The molecule has 6 rings (SSSR count). The van der Waals surface area contributed by atoms with Crippen LogP contribution in [0.2, 0.25) is 0 Å². The molecular weight excluding hydrogens is 510 g/mol. The fourth-order valence-electron chi connectivity index (χ4n) is 5.32. The monoisotopic (exact) mass is 541 g/mol. The van der Waals surface area contributed by atoms with Crippen LogP contribution in [-0.2, 0) is 17.9 Å². The Bertz CT molecular complexity index is 1560. The second-order valence-electron chi connectivity index (χ2n) is 10.3. The summed E-state index contributed by atoms with van der Waals surface area (Å²) in [5.74, 6) is 1.49. The number of pyridine rings is 1. The molecule has 9 heteroatoms. The van der Waals surface area contributed by atoms with Crippen molar-refractivity contribution in [2.45, 2.75) is 51.4 Å². The predicted molar refractivity (Wildman–Crippen MR) is 152 cm³/mol. The quantitative estimate of drug-likeness (QED) is 0.321. The fraction of sp³-hybridized carbons (Fsp3) is 0.333. The second-order valence-corrected chi connectivity index (χ2v) is 11.4. The highest BCUT2D eigenvalue weighted by molar-refractivity contribution is 7.09. The molecule has 39 heavy (non-hydrogen) atoms. The van der Waals surface area contributed by atoms with Gasteiger partial charge in [0.1, 0.15) is 11.6 Å². The molecule has 8 nitrogen and oxygen atoms in total. The van der Waals surface area contributed by atoms with E-state index in [0.717, 1.165) is 57.1 Å². The SMILES string of the molecule is COc1ccc2cc(CN(C(=O)C[C@@H]3NC(=O)c4ccccc43)C3CC3)c(N(C)Cc3csc(C)n3)nc2c1. The number of anilines is 1. The Morgan fingerprint density at radius 1 is 1.13 bits per heavy atom. The smallest absolute Gasteiger partial charge is 0.252 e. The number of ether oxygens (including phenoxy) is 1. The molecule has 1 fully saturated rings. The van der Waals surface area contributed by atoms with Crippen molar-refractivity contribution in [3.8, 4) is 5.75 Å². The van der Waals surface area contributed by atoms with Crippen LogP contribution >= 0.6 is 11.3 Å². The van der Waals surface area contributed by atoms with Gasteiger partial charge >= 0.3 is 0 Å². The van der Waals surface area contributed by atoms with Gasteiger partial charge < -0.3 is 19.9 Å². The van der Waals surface area contributed by atoms with Crippen LogP contribution in [0.25, 0.3) is 10.9 Å². The van der Waals surface area contributed by atoms with Gasteiger partial charge in [0.05, 0.1) is 42.3 Å². The van der Waals surface area contributed by atoms with Crippen LogP contribution < -0.4 is 15.0 Å². The molecule has 1 aliphatic heterocycles. The molecule has 0 unspecified atom stereocenters. The topological polar surface area (TPSA) is 87.7 Å². The van der Waals surface area contributed by atoms with E-state index >= 15 is 0 Å². The van der Waals surface area contributed by atoms with Crippen molar-refractivity contribution in [2.24, 2.45) is 0 Å². The van der Waals surface area contributed by atoms with Gasteiger partial charge in [0.15, 0.2) is 0 Å². The van der Waals surface area contributed by atoms with Gasteiger partial charge in [-0.25, -0.2) is 9.97 Å². The number of carbonyl (C=O) groups excluding carboxylic acids is 2. The van der Waals surface area contributed by atoms with Gasteiger partial charge in [-0.2, -0.15) is 0 Å². The lowest BCUT2D eigenvalue weighted by Gasteiger charge is -2.28. The largest absolute Gasteiger partial charge is 0.497 e. The molecular formula is C30H31N5O3S. The van der Waals surface area contributed by atoms with Crippen molar-refractivity contribution in [3.05, 3.63) is 81.3 Å². The van der Waals surface area contributed by atoms with Gasteiger partial charge in [-0.3, -0.25) is 9.59 Å². The van der Waals surface area contributed by atoms with Crippen LogP contribution in [0.4, 0.5) is 5.82 Å². The Kier molecular flexibility index (Phi) is 6.68. The summed E-state index contributed by atoms with van der Waals surface area (Å²) in [6.45, 7) is 3.07. The molecule has 2 aromatic heterocycles. The maximum atomic E-state index is 13.7. The number of hydrogen-bond donors (Lipinski definition) is 1. The standard InChI is InChI=1S/C30H31N5O3S/c1-18-31-21(17-39-18)16-34(2)29-20(12-19-8-11-23(38-3)13-26(19)32-29)15-35(22-9-10-22)28(36)14-27-24-6-4-5-7-25(24)30(37)33-27/h4-8,11-13,17,22,27H,9-10,14-16H2,1-3H3,(H,33,37)/t27-/m0/s1. The van der Waals surface area contributed by atoms with Crippen molar-refractivity contribution in [1.82, 2.24) is 20.2 Å². The number of aromatic nitrogens is 2. The Balaban J connectivity index is 1.31. The minimum Gasteiger partial charge on any atom is -0.497 e. The maximum Gasteiger partial charge on any atom is 0.252 e. The summed E-state index contributed by atoms with van der Waals surface area (Å²) in [4.78, 5) is 39.9. The van der Waals surface area contributed by atoms with Crippen molar-refractivity contribution in [3.63, 3.8) is 0 Å². The molecule has 1 N–H and O–H groups in total. The molecule has 0 saturated heterocycles. The van der Waals surface area contributed by atoms with E-state index in [0.29, 0.717) is 18.7 Å². The van der Waals surface area contributed by atoms with Crippen molar-refractivity contribution in [2.75, 3.05) is 19.1 Å². The highest BCUT2D eigenvalue weighted by Gasteiger charge is 2.37. The van der Waals surface area contributed by atoms with Gasteiger partial charge in [-0.15, -0.1) is 11.3 Å². The van der Waals surface area contributed by atoms with E-state index in [1.54, 1.807) is 18.4 Å². The first-order chi connectivity index (χ1) is 18.9. The summed E-state index contributed by atoms with van der Waals surface area (Å²) in [6.07, 6.45) is 2.21. The van der Waals surface area contributed by atoms with Gasteiger partial charge in [0, 0.05) is 47.6 Å². The van der Waals surface area contributed by atoms with Crippen molar-refractivity contribution >= 4 is 39.9 Å². The van der Waals surface area contributed by atoms with E-state index in [4.69, 9.17) is 9.72 Å². The number of nitrogens with zero attached hydrogens (tertiary/aromatic N) is 4. The molecule has 0 radical (unpaired) electrons. The number of benzene rings is 2. The molecule has 1 atom stereocenters. The van der Waals surface area contributed by atoms with Gasteiger partial charge in [0.25, 0.3) is 5.91 Å². The summed E-state index contributed by atoms with van der Waals surface area (Å²) in [7, 11) is 3.66. The van der Waals surface area contributed by atoms with Crippen LogP contribution in [0.5, 0.6) is 5.75 Å². The van der Waals surface area contributed by atoms with Crippen LogP contribution in [0.3, 0.4) is 0 Å².